The number of hydrogen-bond acceptors (Lipinski definition) is 5. The van der Waals surface area contributed by atoms with Gasteiger partial charge in [0.05, 0.1) is 6.20 Å². The van der Waals surface area contributed by atoms with Gasteiger partial charge in [0.25, 0.3) is 0 Å². The molecule has 5 nitrogen and oxygen atoms in total. The first-order chi connectivity index (χ1) is 7.77. The minimum atomic E-state index is -0.463. The van der Waals surface area contributed by atoms with Crippen LogP contribution in [0.5, 0.6) is 0 Å². The Labute approximate surface area is 94.6 Å². The molecule has 0 atom stereocenters. The van der Waals surface area contributed by atoms with Crippen LogP contribution in [-0.4, -0.2) is 16.5 Å². The lowest BCUT2D eigenvalue weighted by Crippen LogP contribution is -2.13. The van der Waals surface area contributed by atoms with E-state index in [-0.39, 0.29) is 11.8 Å². The minimum Gasteiger partial charge on any atom is -0.367 e. The highest BCUT2D eigenvalue weighted by Crippen LogP contribution is 2.11. The Hall–Kier alpha value is -1.43. The monoisotopic (exact) mass is 227 g/mol. The zero-order chi connectivity index (χ0) is 11.8. The summed E-state index contributed by atoms with van der Waals surface area (Å²) in [5, 5.41) is 2.92. The molecule has 6 heteroatoms. The highest BCUT2D eigenvalue weighted by molar-refractivity contribution is 5.40. The van der Waals surface area contributed by atoms with Gasteiger partial charge in [-0.25, -0.2) is 15.2 Å². The third kappa shape index (κ3) is 3.98. The number of nitrogens with two attached hydrogens (primary N) is 1. The molecule has 0 saturated heterocycles. The Morgan fingerprint density at radius 2 is 2.19 bits per heavy atom. The van der Waals surface area contributed by atoms with E-state index in [0.29, 0.717) is 6.54 Å². The second kappa shape index (κ2) is 6.95. The van der Waals surface area contributed by atoms with E-state index in [1.165, 1.54) is 12.8 Å². The zero-order valence-corrected chi connectivity index (χ0v) is 9.46. The van der Waals surface area contributed by atoms with Crippen molar-refractivity contribution in [3.63, 3.8) is 0 Å². The van der Waals surface area contributed by atoms with E-state index in [9.17, 15) is 4.39 Å². The van der Waals surface area contributed by atoms with Crippen LogP contribution in [0.25, 0.3) is 0 Å². The summed E-state index contributed by atoms with van der Waals surface area (Å²) in [5.74, 6) is 5.07. The van der Waals surface area contributed by atoms with Crippen LogP contribution in [0, 0.1) is 5.82 Å². The molecule has 0 aromatic carbocycles. The normalized spacial score (nSPS) is 10.2. The van der Waals surface area contributed by atoms with Crippen LogP contribution in [-0.2, 0) is 0 Å². The number of nitrogen functional groups attached to an aromatic ring is 1. The van der Waals surface area contributed by atoms with Crippen LogP contribution in [0.4, 0.5) is 16.2 Å². The van der Waals surface area contributed by atoms with Crippen LogP contribution in [0.15, 0.2) is 6.20 Å². The van der Waals surface area contributed by atoms with Crippen molar-refractivity contribution in [3.05, 3.63) is 12.0 Å². The third-order valence-corrected chi connectivity index (χ3v) is 2.20. The molecule has 0 saturated carbocycles. The van der Waals surface area contributed by atoms with Crippen LogP contribution >= 0.6 is 0 Å². The van der Waals surface area contributed by atoms with E-state index in [1.54, 1.807) is 0 Å². The predicted molar refractivity (Wildman–Crippen MR) is 62.4 cm³/mol. The van der Waals surface area contributed by atoms with Gasteiger partial charge in [0.1, 0.15) is 0 Å². The topological polar surface area (TPSA) is 75.9 Å². The van der Waals surface area contributed by atoms with E-state index in [0.717, 1.165) is 19.0 Å². The molecule has 1 aromatic rings. The molecule has 4 N–H and O–H groups in total. The molecule has 0 bridgehead atoms. The maximum absolute atomic E-state index is 13.2. The fraction of sp³-hybridized carbons (Fsp3) is 0.600. The maximum Gasteiger partial charge on any atom is 0.239 e. The van der Waals surface area contributed by atoms with Crippen LogP contribution in [0.3, 0.4) is 0 Å². The number of anilines is 2. The van der Waals surface area contributed by atoms with Crippen molar-refractivity contribution in [3.8, 4) is 0 Å². The smallest absolute Gasteiger partial charge is 0.239 e. The molecule has 1 heterocycles. The first kappa shape index (κ1) is 12.6. The predicted octanol–water partition coefficient (Wildman–Crippen LogP) is 1.89. The van der Waals surface area contributed by atoms with Crippen LogP contribution < -0.4 is 16.6 Å². The van der Waals surface area contributed by atoms with Gasteiger partial charge < -0.3 is 5.32 Å². The van der Waals surface area contributed by atoms with E-state index in [4.69, 9.17) is 5.84 Å². The molecule has 0 fully saturated rings. The summed E-state index contributed by atoms with van der Waals surface area (Å²) in [5.41, 5.74) is 2.28. The number of aromatic nitrogens is 2. The summed E-state index contributed by atoms with van der Waals surface area (Å²) in [6.45, 7) is 2.86. The highest BCUT2D eigenvalue weighted by Gasteiger charge is 2.04. The molecular weight excluding hydrogens is 209 g/mol. The molecule has 0 aliphatic carbocycles. The molecule has 0 aliphatic heterocycles. The van der Waals surface area contributed by atoms with Crippen molar-refractivity contribution < 1.29 is 4.39 Å². The number of nitrogens with zero attached hydrogens (tertiary/aromatic N) is 2. The summed E-state index contributed by atoms with van der Waals surface area (Å²) < 4.78 is 13.2. The molecule has 0 spiro atoms. The summed E-state index contributed by atoms with van der Waals surface area (Å²) in [4.78, 5) is 7.53. The Kier molecular flexibility index (Phi) is 5.49. The largest absolute Gasteiger partial charge is 0.367 e. The van der Waals surface area contributed by atoms with E-state index in [1.807, 2.05) is 0 Å². The second-order valence-electron chi connectivity index (χ2n) is 3.52. The zero-order valence-electron chi connectivity index (χ0n) is 9.46. The lowest BCUT2D eigenvalue weighted by Gasteiger charge is -2.07. The number of nitrogens with one attached hydrogen (secondary N) is 2. The Morgan fingerprint density at radius 1 is 1.38 bits per heavy atom. The van der Waals surface area contributed by atoms with Crippen molar-refractivity contribution in [2.24, 2.45) is 5.84 Å². The van der Waals surface area contributed by atoms with Gasteiger partial charge >= 0.3 is 0 Å². The number of hydrogen-bond donors (Lipinski definition) is 3. The third-order valence-electron chi connectivity index (χ3n) is 2.20. The van der Waals surface area contributed by atoms with E-state index in [2.05, 4.69) is 27.6 Å². The lowest BCUT2D eigenvalue weighted by atomic mass is 10.2. The van der Waals surface area contributed by atoms with Gasteiger partial charge in [0.15, 0.2) is 11.6 Å². The van der Waals surface area contributed by atoms with Crippen molar-refractivity contribution >= 4 is 11.8 Å². The fourth-order valence-electron chi connectivity index (χ4n) is 1.32. The summed E-state index contributed by atoms with van der Waals surface area (Å²) in [7, 11) is 0. The van der Waals surface area contributed by atoms with Crippen molar-refractivity contribution in [2.75, 3.05) is 17.3 Å². The summed E-state index contributed by atoms with van der Waals surface area (Å²) in [6.07, 6.45) is 5.62. The minimum absolute atomic E-state index is 0.194. The molecule has 0 radical (unpaired) electrons. The first-order valence-corrected chi connectivity index (χ1v) is 5.51. The first-order valence-electron chi connectivity index (χ1n) is 5.51. The SMILES string of the molecule is CCCCCCNc1nc(NN)ncc1F. The average molecular weight is 227 g/mol. The lowest BCUT2D eigenvalue weighted by molar-refractivity contribution is 0.614. The van der Waals surface area contributed by atoms with Crippen molar-refractivity contribution in [1.29, 1.82) is 0 Å². The van der Waals surface area contributed by atoms with Gasteiger partial charge in [-0.15, -0.1) is 0 Å². The van der Waals surface area contributed by atoms with E-state index >= 15 is 0 Å². The van der Waals surface area contributed by atoms with Gasteiger partial charge in [-0.3, -0.25) is 5.43 Å². The fourth-order valence-corrected chi connectivity index (χ4v) is 1.32. The number of hydrazine groups is 1. The van der Waals surface area contributed by atoms with Crippen molar-refractivity contribution in [1.82, 2.24) is 9.97 Å². The standard InChI is InChI=1S/C10H18FN5/c1-2-3-4-5-6-13-9-8(11)7-14-10(15-9)16-12/h7H,2-6,12H2,1H3,(H2,13,14,15,16). The highest BCUT2D eigenvalue weighted by atomic mass is 19.1. The Balaban J connectivity index is 2.40. The van der Waals surface area contributed by atoms with Gasteiger partial charge in [-0.1, -0.05) is 26.2 Å². The van der Waals surface area contributed by atoms with Crippen molar-refractivity contribution in [2.45, 2.75) is 32.6 Å². The van der Waals surface area contributed by atoms with Gasteiger partial charge in [0.2, 0.25) is 5.95 Å². The summed E-state index contributed by atoms with van der Waals surface area (Å²) >= 11 is 0. The molecular formula is C10H18FN5. The molecule has 1 aromatic heterocycles. The number of unbranched alkanes of at least 4 members (excludes halogenated alkanes) is 3. The molecule has 1 rings (SSSR count). The van der Waals surface area contributed by atoms with Crippen LogP contribution in [0.1, 0.15) is 32.6 Å². The summed E-state index contributed by atoms with van der Waals surface area (Å²) in [6, 6.07) is 0. The Morgan fingerprint density at radius 3 is 2.88 bits per heavy atom. The molecule has 0 unspecified atom stereocenters. The average Bonchev–Trinajstić information content (AvgIpc) is 2.31. The molecule has 0 aliphatic rings. The molecule has 90 valence electrons. The molecule has 16 heavy (non-hydrogen) atoms. The van der Waals surface area contributed by atoms with Gasteiger partial charge in [-0.2, -0.15) is 4.98 Å². The molecule has 0 amide bonds. The van der Waals surface area contributed by atoms with E-state index < -0.39 is 5.82 Å². The Bertz CT molecular complexity index is 318. The van der Waals surface area contributed by atoms with Crippen LogP contribution in [0.2, 0.25) is 0 Å². The number of halogens is 1. The quantitative estimate of drug-likeness (QED) is 0.377. The second-order valence-corrected chi connectivity index (χ2v) is 3.52. The van der Waals surface area contributed by atoms with Gasteiger partial charge in [-0.05, 0) is 6.42 Å². The van der Waals surface area contributed by atoms with Gasteiger partial charge in [0, 0.05) is 6.54 Å². The maximum atomic E-state index is 13.2. The number of rotatable bonds is 7.